The molecular weight excluding hydrogens is 366 g/mol. The van der Waals surface area contributed by atoms with Gasteiger partial charge in [0, 0.05) is 5.69 Å². The molecule has 7 heteroatoms. The van der Waals surface area contributed by atoms with Crippen LogP contribution >= 0.6 is 0 Å². The summed E-state index contributed by atoms with van der Waals surface area (Å²) < 4.78 is 27.3. The number of carbonyl (C=O) groups is 1. The van der Waals surface area contributed by atoms with Crippen LogP contribution < -0.4 is 4.72 Å². The second-order valence-electron chi connectivity index (χ2n) is 6.45. The molecule has 0 heterocycles. The second-order valence-corrected chi connectivity index (χ2v) is 8.13. The molecule has 0 aliphatic carbocycles. The fourth-order valence-corrected chi connectivity index (χ4v) is 3.82. The van der Waals surface area contributed by atoms with Crippen molar-refractivity contribution in [2.24, 2.45) is 0 Å². The molecule has 0 amide bonds. The number of benzene rings is 2. The van der Waals surface area contributed by atoms with Gasteiger partial charge in [0.25, 0.3) is 10.0 Å². The van der Waals surface area contributed by atoms with Crippen LogP contribution in [0.3, 0.4) is 0 Å². The van der Waals surface area contributed by atoms with Crippen LogP contribution in [0.4, 0.5) is 5.69 Å². The van der Waals surface area contributed by atoms with Crippen LogP contribution in [0.15, 0.2) is 47.4 Å². The Morgan fingerprint density at radius 1 is 1.00 bits per heavy atom. The number of nitrogens with one attached hydrogen (secondary N) is 1. The van der Waals surface area contributed by atoms with Crippen LogP contribution in [0.1, 0.15) is 54.9 Å². The molecule has 146 valence electrons. The lowest BCUT2D eigenvalue weighted by Gasteiger charge is -2.10. The first-order valence-electron chi connectivity index (χ1n) is 9.01. The van der Waals surface area contributed by atoms with Gasteiger partial charge in [-0.25, -0.2) is 13.2 Å². The molecule has 0 aliphatic rings. The third-order valence-corrected chi connectivity index (χ3v) is 5.66. The Hall–Kier alpha value is -2.54. The lowest BCUT2D eigenvalue weighted by Crippen LogP contribution is -2.13. The molecule has 0 aliphatic heterocycles. The number of aromatic carboxylic acids is 1. The van der Waals surface area contributed by atoms with Crippen molar-refractivity contribution in [1.82, 2.24) is 0 Å². The molecule has 27 heavy (non-hydrogen) atoms. The Bertz CT molecular complexity index is 876. The zero-order valence-electron chi connectivity index (χ0n) is 15.3. The number of hydrogen-bond acceptors (Lipinski definition) is 4. The molecule has 0 radical (unpaired) electrons. The summed E-state index contributed by atoms with van der Waals surface area (Å²) in [5, 5.41) is 18.5. The Labute approximate surface area is 159 Å². The third kappa shape index (κ3) is 5.99. The fraction of sp³-hybridized carbons (Fsp3) is 0.350. The van der Waals surface area contributed by atoms with Crippen LogP contribution in [-0.4, -0.2) is 24.6 Å². The molecule has 0 spiro atoms. The summed E-state index contributed by atoms with van der Waals surface area (Å²) in [6, 6.07) is 10.3. The first kappa shape index (κ1) is 20.8. The minimum Gasteiger partial charge on any atom is -0.507 e. The van der Waals surface area contributed by atoms with E-state index in [0.29, 0.717) is 5.69 Å². The lowest BCUT2D eigenvalue weighted by atomic mass is 10.1. The van der Waals surface area contributed by atoms with Crippen molar-refractivity contribution in [2.45, 2.75) is 50.3 Å². The Kier molecular flexibility index (Phi) is 7.24. The SMILES string of the molecule is CCCCCCCc1ccc(NS(=O)(=O)c2ccc(O)c(C(=O)O)c2)cc1. The molecule has 0 atom stereocenters. The van der Waals surface area contributed by atoms with Gasteiger partial charge in [0.2, 0.25) is 0 Å². The van der Waals surface area contributed by atoms with Crippen molar-refractivity contribution in [3.8, 4) is 5.75 Å². The van der Waals surface area contributed by atoms with Gasteiger partial charge in [-0.15, -0.1) is 0 Å². The van der Waals surface area contributed by atoms with Crippen LogP contribution in [0.5, 0.6) is 5.75 Å². The van der Waals surface area contributed by atoms with E-state index in [1.54, 1.807) is 12.1 Å². The van der Waals surface area contributed by atoms with Crippen LogP contribution in [0, 0.1) is 0 Å². The highest BCUT2D eigenvalue weighted by atomic mass is 32.2. The molecule has 0 aromatic heterocycles. The first-order chi connectivity index (χ1) is 12.8. The second kappa shape index (κ2) is 9.41. The van der Waals surface area contributed by atoms with Crippen LogP contribution in [0.2, 0.25) is 0 Å². The Morgan fingerprint density at radius 2 is 1.67 bits per heavy atom. The van der Waals surface area contributed by atoms with E-state index < -0.39 is 27.3 Å². The van der Waals surface area contributed by atoms with E-state index in [4.69, 9.17) is 5.11 Å². The van der Waals surface area contributed by atoms with Gasteiger partial charge in [-0.2, -0.15) is 0 Å². The average Bonchev–Trinajstić information content (AvgIpc) is 2.62. The summed E-state index contributed by atoms with van der Waals surface area (Å²) in [6.07, 6.45) is 6.95. The summed E-state index contributed by atoms with van der Waals surface area (Å²) in [5.41, 5.74) is 1.08. The lowest BCUT2D eigenvalue weighted by molar-refractivity contribution is 0.0693. The van der Waals surface area contributed by atoms with E-state index in [9.17, 15) is 18.3 Å². The molecular formula is C20H25NO5S. The predicted molar refractivity (Wildman–Crippen MR) is 105 cm³/mol. The number of phenols is 1. The number of unbranched alkanes of at least 4 members (excludes halogenated alkanes) is 4. The third-order valence-electron chi connectivity index (χ3n) is 4.28. The van der Waals surface area contributed by atoms with Gasteiger partial charge in [-0.05, 0) is 48.7 Å². The summed E-state index contributed by atoms with van der Waals surface area (Å²) in [4.78, 5) is 10.8. The van der Waals surface area contributed by atoms with Gasteiger partial charge in [0.05, 0.1) is 4.90 Å². The van der Waals surface area contributed by atoms with Crippen molar-refractivity contribution in [1.29, 1.82) is 0 Å². The standard InChI is InChI=1S/C20H25NO5S/c1-2-3-4-5-6-7-15-8-10-16(11-9-15)21-27(25,26)17-12-13-19(22)18(14-17)20(23)24/h8-14,21-22H,2-7H2,1H3,(H,23,24). The summed E-state index contributed by atoms with van der Waals surface area (Å²) in [7, 11) is -3.95. The number of anilines is 1. The van der Waals surface area contributed by atoms with E-state index in [-0.39, 0.29) is 4.90 Å². The van der Waals surface area contributed by atoms with Crippen molar-refractivity contribution in [3.63, 3.8) is 0 Å². The molecule has 2 rings (SSSR count). The van der Waals surface area contributed by atoms with E-state index in [2.05, 4.69) is 11.6 Å². The van der Waals surface area contributed by atoms with Crippen molar-refractivity contribution in [3.05, 3.63) is 53.6 Å². The number of aromatic hydroxyl groups is 1. The van der Waals surface area contributed by atoms with E-state index in [1.165, 1.54) is 25.7 Å². The number of aryl methyl sites for hydroxylation is 1. The molecule has 0 bridgehead atoms. The number of carboxylic acid groups (broad SMARTS) is 1. The minimum atomic E-state index is -3.95. The highest BCUT2D eigenvalue weighted by Gasteiger charge is 2.19. The summed E-state index contributed by atoms with van der Waals surface area (Å²) >= 11 is 0. The van der Waals surface area contributed by atoms with Crippen molar-refractivity contribution >= 4 is 21.7 Å². The highest BCUT2D eigenvalue weighted by Crippen LogP contribution is 2.23. The maximum absolute atomic E-state index is 12.5. The quantitative estimate of drug-likeness (QED) is 0.521. The maximum atomic E-state index is 12.5. The normalized spacial score (nSPS) is 11.3. The summed E-state index contributed by atoms with van der Waals surface area (Å²) in [5.74, 6) is -1.88. The van der Waals surface area contributed by atoms with Gasteiger partial charge in [-0.1, -0.05) is 44.7 Å². The van der Waals surface area contributed by atoms with E-state index >= 15 is 0 Å². The number of sulfonamides is 1. The first-order valence-corrected chi connectivity index (χ1v) is 10.5. The zero-order chi connectivity index (χ0) is 19.9. The molecule has 2 aromatic rings. The summed E-state index contributed by atoms with van der Waals surface area (Å²) in [6.45, 7) is 2.18. The van der Waals surface area contributed by atoms with Gasteiger partial charge in [-0.3, -0.25) is 4.72 Å². The molecule has 3 N–H and O–H groups in total. The number of hydrogen-bond donors (Lipinski definition) is 3. The largest absolute Gasteiger partial charge is 0.507 e. The Balaban J connectivity index is 2.03. The Morgan fingerprint density at radius 3 is 2.30 bits per heavy atom. The monoisotopic (exact) mass is 391 g/mol. The molecule has 2 aromatic carbocycles. The van der Waals surface area contributed by atoms with Gasteiger partial charge in [0.15, 0.2) is 0 Å². The highest BCUT2D eigenvalue weighted by molar-refractivity contribution is 7.92. The smallest absolute Gasteiger partial charge is 0.339 e. The molecule has 0 unspecified atom stereocenters. The maximum Gasteiger partial charge on any atom is 0.339 e. The zero-order valence-corrected chi connectivity index (χ0v) is 16.1. The van der Waals surface area contributed by atoms with Crippen molar-refractivity contribution in [2.75, 3.05) is 4.72 Å². The topological polar surface area (TPSA) is 104 Å². The molecule has 6 nitrogen and oxygen atoms in total. The van der Waals surface area contributed by atoms with E-state index in [0.717, 1.165) is 36.6 Å². The molecule has 0 saturated heterocycles. The predicted octanol–water partition coefficient (Wildman–Crippen LogP) is 4.40. The van der Waals surface area contributed by atoms with Gasteiger partial charge >= 0.3 is 5.97 Å². The molecule has 0 fully saturated rings. The van der Waals surface area contributed by atoms with Crippen molar-refractivity contribution < 1.29 is 23.4 Å². The molecule has 0 saturated carbocycles. The van der Waals surface area contributed by atoms with Crippen LogP contribution in [-0.2, 0) is 16.4 Å². The van der Waals surface area contributed by atoms with Gasteiger partial charge in [0.1, 0.15) is 11.3 Å². The van der Waals surface area contributed by atoms with Crippen LogP contribution in [0.25, 0.3) is 0 Å². The minimum absolute atomic E-state index is 0.224. The number of rotatable bonds is 10. The fourth-order valence-electron chi connectivity index (χ4n) is 2.74. The van der Waals surface area contributed by atoms with Gasteiger partial charge < -0.3 is 10.2 Å². The average molecular weight is 391 g/mol. The number of carboxylic acids is 1. The van der Waals surface area contributed by atoms with E-state index in [1.807, 2.05) is 12.1 Å².